The lowest BCUT2D eigenvalue weighted by molar-refractivity contribution is 0.0220. The molecule has 22 heavy (non-hydrogen) atoms. The monoisotopic (exact) mass is 338 g/mol. The summed E-state index contributed by atoms with van der Waals surface area (Å²) in [5.74, 6) is 0. The predicted octanol–water partition coefficient (Wildman–Crippen LogP) is 1.53. The summed E-state index contributed by atoms with van der Waals surface area (Å²) in [4.78, 5) is 13.2. The summed E-state index contributed by atoms with van der Waals surface area (Å²) < 4.78 is 5.22. The number of rotatable bonds is 0. The first-order valence-corrected chi connectivity index (χ1v) is 7.67. The topological polar surface area (TPSA) is 82.0 Å². The average Bonchev–Trinajstić information content (AvgIpc) is 2.83. The molecule has 2 rings (SSSR count). The van der Waals surface area contributed by atoms with E-state index in [1.54, 1.807) is 4.90 Å². The second kappa shape index (κ2) is 8.91. The van der Waals surface area contributed by atoms with Gasteiger partial charge in [0.05, 0.1) is 18.8 Å². The van der Waals surface area contributed by atoms with Gasteiger partial charge < -0.3 is 25.2 Å². The molecule has 7 heteroatoms. The average molecular weight is 339 g/mol. The van der Waals surface area contributed by atoms with Crippen LogP contribution in [0, 0.1) is 0 Å². The Kier molecular flexibility index (Phi) is 8.69. The normalized spacial score (nSPS) is 31.1. The molecule has 0 aliphatic carbocycles. The Labute approximate surface area is 139 Å². The number of hydrogen-bond donors (Lipinski definition) is 3. The third-order valence-electron chi connectivity index (χ3n) is 3.51. The van der Waals surface area contributed by atoms with Gasteiger partial charge in [0.15, 0.2) is 0 Å². The predicted molar refractivity (Wildman–Crippen MR) is 88.4 cm³/mol. The van der Waals surface area contributed by atoms with Crippen molar-refractivity contribution in [3.05, 3.63) is 0 Å². The molecular weight excluding hydrogens is 308 g/mol. The van der Waals surface area contributed by atoms with E-state index < -0.39 is 11.7 Å². The lowest BCUT2D eigenvalue weighted by Crippen LogP contribution is -2.39. The highest BCUT2D eigenvalue weighted by Crippen LogP contribution is 2.20. The molecule has 4 atom stereocenters. The van der Waals surface area contributed by atoms with Crippen LogP contribution in [0.3, 0.4) is 0 Å². The van der Waals surface area contributed by atoms with Crippen LogP contribution in [0.2, 0.25) is 0 Å². The zero-order chi connectivity index (χ0) is 16.2. The molecule has 0 aromatic rings. The van der Waals surface area contributed by atoms with Gasteiger partial charge in [-0.1, -0.05) is 0 Å². The van der Waals surface area contributed by atoms with Gasteiger partial charge in [0, 0.05) is 18.6 Å². The molecule has 0 aromatic carbocycles. The molecule has 1 amide bonds. The quantitative estimate of drug-likeness (QED) is 0.624. The molecule has 2 heterocycles. The third kappa shape index (κ3) is 7.63. The van der Waals surface area contributed by atoms with Gasteiger partial charge in [0.2, 0.25) is 0 Å². The molecule has 2 aliphatic heterocycles. The molecule has 132 valence electrons. The number of carbonyl (C=O) groups is 1. The van der Waals surface area contributed by atoms with E-state index in [1.165, 1.54) is 0 Å². The minimum absolute atomic E-state index is 0. The van der Waals surface area contributed by atoms with Gasteiger partial charge in [0.25, 0.3) is 0 Å². The van der Waals surface area contributed by atoms with E-state index in [4.69, 9.17) is 9.84 Å². The van der Waals surface area contributed by atoms with Crippen LogP contribution in [-0.4, -0.2) is 64.2 Å². The summed E-state index contributed by atoms with van der Waals surface area (Å²) in [6.45, 7) is 10.7. The van der Waals surface area contributed by atoms with Gasteiger partial charge in [-0.25, -0.2) is 4.79 Å². The molecule has 0 spiro atoms. The van der Waals surface area contributed by atoms with Crippen molar-refractivity contribution in [2.45, 2.75) is 77.4 Å². The second-order valence-corrected chi connectivity index (χ2v) is 7.07. The molecule has 0 unspecified atom stereocenters. The Hall–Kier alpha value is -0.560. The third-order valence-corrected chi connectivity index (χ3v) is 3.51. The Balaban J connectivity index is 0.000000465. The van der Waals surface area contributed by atoms with Gasteiger partial charge >= 0.3 is 6.09 Å². The second-order valence-electron chi connectivity index (χ2n) is 7.07. The van der Waals surface area contributed by atoms with Crippen LogP contribution in [0.1, 0.15) is 47.5 Å². The van der Waals surface area contributed by atoms with Gasteiger partial charge in [-0.15, -0.1) is 12.4 Å². The zero-order valence-electron chi connectivity index (χ0n) is 14.2. The van der Waals surface area contributed by atoms with Crippen molar-refractivity contribution in [1.29, 1.82) is 0 Å². The van der Waals surface area contributed by atoms with E-state index in [0.717, 1.165) is 13.0 Å². The molecule has 0 saturated carbocycles. The highest BCUT2D eigenvalue weighted by molar-refractivity contribution is 5.85. The number of aliphatic hydroxyl groups excluding tert-OH is 2. The summed E-state index contributed by atoms with van der Waals surface area (Å²) in [5, 5.41) is 21.3. The van der Waals surface area contributed by atoms with Gasteiger partial charge in [-0.05, 0) is 47.5 Å². The summed E-state index contributed by atoms with van der Waals surface area (Å²) in [7, 11) is 0. The number of β-amino-alcohol motifs (C(OH)–C–C–N with tert-alkyl or cyclic N) is 2. The number of nitrogens with zero attached hydrogens (tertiary/aromatic N) is 1. The first-order chi connectivity index (χ1) is 9.58. The number of nitrogens with one attached hydrogen (secondary N) is 1. The molecule has 0 aromatic heterocycles. The first-order valence-electron chi connectivity index (χ1n) is 7.67. The van der Waals surface area contributed by atoms with Crippen LogP contribution >= 0.6 is 12.4 Å². The molecule has 0 bridgehead atoms. The number of carbonyl (C=O) groups excluding carboxylic acids is 1. The Morgan fingerprint density at radius 1 is 1.18 bits per heavy atom. The van der Waals surface area contributed by atoms with E-state index in [9.17, 15) is 9.90 Å². The molecule has 2 saturated heterocycles. The fourth-order valence-electron chi connectivity index (χ4n) is 2.49. The fourth-order valence-corrected chi connectivity index (χ4v) is 2.49. The SMILES string of the molecule is C[C@H]1C[C@@H](O)CN1.C[C@H]1C[C@@H](O)CN1C(=O)OC(C)(C)C.Cl. The van der Waals surface area contributed by atoms with Crippen LogP contribution < -0.4 is 5.32 Å². The van der Waals surface area contributed by atoms with E-state index in [0.29, 0.717) is 19.0 Å². The molecule has 2 aliphatic rings. The molecular formula is C15H31ClN2O4. The lowest BCUT2D eigenvalue weighted by Gasteiger charge is -2.26. The minimum Gasteiger partial charge on any atom is -0.444 e. The fraction of sp³-hybridized carbons (Fsp3) is 0.933. The van der Waals surface area contributed by atoms with E-state index in [2.05, 4.69) is 12.2 Å². The number of halogens is 1. The van der Waals surface area contributed by atoms with Crippen molar-refractivity contribution in [2.24, 2.45) is 0 Å². The standard InChI is InChI=1S/C10H19NO3.C5H11NO.ClH/c1-7-5-8(12)6-11(7)9(13)14-10(2,3)4;1-4-2-5(7)3-6-4;/h7-8,12H,5-6H2,1-4H3;4-7H,2-3H2,1H3;1H/t7-,8+;4-,5+;/m00./s1. The Morgan fingerprint density at radius 3 is 2.05 bits per heavy atom. The van der Waals surface area contributed by atoms with Crippen LogP contribution in [0.15, 0.2) is 0 Å². The highest BCUT2D eigenvalue weighted by atomic mass is 35.5. The number of hydrogen-bond acceptors (Lipinski definition) is 5. The summed E-state index contributed by atoms with van der Waals surface area (Å²) in [5.41, 5.74) is -0.468. The molecule has 6 nitrogen and oxygen atoms in total. The minimum atomic E-state index is -0.468. The summed E-state index contributed by atoms with van der Waals surface area (Å²) in [6.07, 6.45) is 0.730. The maximum Gasteiger partial charge on any atom is 0.410 e. The van der Waals surface area contributed by atoms with E-state index >= 15 is 0 Å². The largest absolute Gasteiger partial charge is 0.444 e. The Morgan fingerprint density at radius 2 is 1.77 bits per heavy atom. The summed E-state index contributed by atoms with van der Waals surface area (Å²) >= 11 is 0. The van der Waals surface area contributed by atoms with Crippen molar-refractivity contribution in [3.8, 4) is 0 Å². The number of amides is 1. The van der Waals surface area contributed by atoms with Crippen LogP contribution in [-0.2, 0) is 4.74 Å². The van der Waals surface area contributed by atoms with E-state index in [1.807, 2.05) is 27.7 Å². The maximum atomic E-state index is 11.6. The van der Waals surface area contributed by atoms with Crippen LogP contribution in [0.5, 0.6) is 0 Å². The summed E-state index contributed by atoms with van der Waals surface area (Å²) in [6, 6.07) is 0.592. The van der Waals surface area contributed by atoms with Crippen molar-refractivity contribution < 1.29 is 19.7 Å². The number of aliphatic hydroxyl groups is 2. The zero-order valence-corrected chi connectivity index (χ0v) is 15.0. The van der Waals surface area contributed by atoms with Crippen molar-refractivity contribution in [3.63, 3.8) is 0 Å². The first kappa shape index (κ1) is 21.4. The highest BCUT2D eigenvalue weighted by Gasteiger charge is 2.33. The Bertz CT molecular complexity index is 341. The maximum absolute atomic E-state index is 11.6. The van der Waals surface area contributed by atoms with Crippen molar-refractivity contribution in [1.82, 2.24) is 10.2 Å². The van der Waals surface area contributed by atoms with Gasteiger partial charge in [0.1, 0.15) is 5.60 Å². The van der Waals surface area contributed by atoms with Gasteiger partial charge in [-0.3, -0.25) is 0 Å². The van der Waals surface area contributed by atoms with E-state index in [-0.39, 0.29) is 30.6 Å². The van der Waals surface area contributed by atoms with Crippen molar-refractivity contribution >= 4 is 18.5 Å². The molecule has 0 radical (unpaired) electrons. The van der Waals surface area contributed by atoms with Crippen molar-refractivity contribution in [2.75, 3.05) is 13.1 Å². The number of likely N-dealkylation sites (tertiary alicyclic amines) is 1. The van der Waals surface area contributed by atoms with Gasteiger partial charge in [-0.2, -0.15) is 0 Å². The van der Waals surface area contributed by atoms with Crippen LogP contribution in [0.25, 0.3) is 0 Å². The lowest BCUT2D eigenvalue weighted by atomic mass is 10.2. The van der Waals surface area contributed by atoms with Crippen LogP contribution in [0.4, 0.5) is 4.79 Å². The smallest absolute Gasteiger partial charge is 0.410 e. The number of ether oxygens (including phenoxy) is 1. The molecule has 3 N–H and O–H groups in total. The molecule has 2 fully saturated rings.